The molecule has 0 saturated heterocycles. The van der Waals surface area contributed by atoms with Crippen molar-refractivity contribution in [1.82, 2.24) is 0 Å². The zero-order valence-corrected chi connectivity index (χ0v) is 15.9. The van der Waals surface area contributed by atoms with E-state index in [4.69, 9.17) is 28.9 Å². The van der Waals surface area contributed by atoms with Crippen molar-refractivity contribution in [2.45, 2.75) is 33.1 Å². The lowest BCUT2D eigenvalue weighted by Crippen LogP contribution is -2.03. The number of aromatic hydroxyl groups is 1. The SMILES string of the molecule is COc1c(O)c(C/C=C(\C)CCC(=O)O)c(C)c(OP(=O)(O)O)c1OC. The molecule has 0 unspecified atom stereocenters. The Morgan fingerprint density at radius 1 is 1.12 bits per heavy atom. The molecule has 0 spiro atoms. The van der Waals surface area contributed by atoms with Gasteiger partial charge in [-0.05, 0) is 26.7 Å². The number of aliphatic carboxylic acids is 1. The van der Waals surface area contributed by atoms with Gasteiger partial charge in [0.05, 0.1) is 14.2 Å². The number of carbonyl (C=O) groups is 1. The summed E-state index contributed by atoms with van der Waals surface area (Å²) in [4.78, 5) is 28.9. The molecule has 1 aromatic carbocycles. The van der Waals surface area contributed by atoms with Crippen LogP contribution >= 0.6 is 7.82 Å². The van der Waals surface area contributed by atoms with E-state index in [2.05, 4.69) is 0 Å². The van der Waals surface area contributed by atoms with Crippen LogP contribution in [0.25, 0.3) is 0 Å². The normalized spacial score (nSPS) is 12.0. The molecule has 4 N–H and O–H groups in total. The van der Waals surface area contributed by atoms with Crippen LogP contribution in [-0.2, 0) is 15.8 Å². The molecule has 0 radical (unpaired) electrons. The molecule has 0 bridgehead atoms. The minimum atomic E-state index is -4.88. The van der Waals surface area contributed by atoms with Gasteiger partial charge in [-0.25, -0.2) is 4.57 Å². The first-order valence-corrected chi connectivity index (χ1v) is 9.13. The van der Waals surface area contributed by atoms with Crippen LogP contribution in [0.4, 0.5) is 0 Å². The van der Waals surface area contributed by atoms with Crippen molar-refractivity contribution in [3.63, 3.8) is 0 Å². The van der Waals surface area contributed by atoms with Crippen molar-refractivity contribution in [3.8, 4) is 23.0 Å². The fourth-order valence-corrected chi connectivity index (χ4v) is 2.83. The summed E-state index contributed by atoms with van der Waals surface area (Å²) in [5, 5.41) is 19.2. The second-order valence-electron chi connectivity index (χ2n) is 5.58. The van der Waals surface area contributed by atoms with Crippen LogP contribution in [-0.4, -0.2) is 40.2 Å². The van der Waals surface area contributed by atoms with E-state index in [0.717, 1.165) is 5.57 Å². The van der Waals surface area contributed by atoms with Crippen LogP contribution in [0.2, 0.25) is 0 Å². The number of hydrogen-bond donors (Lipinski definition) is 4. The predicted molar refractivity (Wildman–Crippen MR) is 93.0 cm³/mol. The molecule has 0 saturated carbocycles. The van der Waals surface area contributed by atoms with E-state index in [1.165, 1.54) is 21.1 Å². The maximum atomic E-state index is 11.3. The molecule has 1 aromatic rings. The third kappa shape index (κ3) is 5.66. The number of methoxy groups -OCH3 is 2. The lowest BCUT2D eigenvalue weighted by atomic mass is 9.99. The lowest BCUT2D eigenvalue weighted by Gasteiger charge is -2.20. The maximum Gasteiger partial charge on any atom is 0.524 e. The summed E-state index contributed by atoms with van der Waals surface area (Å²) in [5.74, 6) is -1.65. The second-order valence-corrected chi connectivity index (χ2v) is 6.74. The van der Waals surface area contributed by atoms with Crippen molar-refractivity contribution in [3.05, 3.63) is 22.8 Å². The van der Waals surface area contributed by atoms with Crippen LogP contribution in [0.1, 0.15) is 30.9 Å². The van der Waals surface area contributed by atoms with Crippen LogP contribution in [0.15, 0.2) is 11.6 Å². The molecular weight excluding hydrogens is 367 g/mol. The summed E-state index contributed by atoms with van der Waals surface area (Å²) in [6.45, 7) is 3.27. The molecule has 1 rings (SSSR count). The van der Waals surface area contributed by atoms with Gasteiger partial charge in [0.15, 0.2) is 11.5 Å². The highest BCUT2D eigenvalue weighted by Crippen LogP contribution is 2.53. The Morgan fingerprint density at radius 3 is 2.15 bits per heavy atom. The number of hydrogen-bond acceptors (Lipinski definition) is 6. The van der Waals surface area contributed by atoms with Gasteiger partial charge in [-0.3, -0.25) is 14.6 Å². The molecule has 0 fully saturated rings. The molecule has 0 amide bonds. The fourth-order valence-electron chi connectivity index (χ4n) is 2.37. The number of phenolic OH excluding ortho intramolecular Hbond substituents is 1. The number of allylic oxidation sites excluding steroid dienone is 2. The quantitative estimate of drug-likeness (QED) is 0.369. The van der Waals surface area contributed by atoms with Gasteiger partial charge in [-0.2, -0.15) is 0 Å². The summed E-state index contributed by atoms with van der Waals surface area (Å²) in [6, 6.07) is 0. The molecule has 0 heterocycles. The number of ether oxygens (including phenoxy) is 2. The molecular formula is C16H23O9P. The van der Waals surface area contributed by atoms with Crippen LogP contribution in [0, 0.1) is 6.92 Å². The number of phosphoric ester groups is 1. The van der Waals surface area contributed by atoms with Gasteiger partial charge in [0.25, 0.3) is 0 Å². The monoisotopic (exact) mass is 390 g/mol. The number of rotatable bonds is 9. The lowest BCUT2D eigenvalue weighted by molar-refractivity contribution is -0.136. The maximum absolute atomic E-state index is 11.3. The Bertz CT molecular complexity index is 749. The topological polar surface area (TPSA) is 143 Å². The van der Waals surface area contributed by atoms with Gasteiger partial charge in [0, 0.05) is 17.5 Å². The summed E-state index contributed by atoms with van der Waals surface area (Å²) in [6.07, 6.45) is 2.22. The largest absolute Gasteiger partial charge is 0.524 e. The third-order valence-corrected chi connectivity index (χ3v) is 4.13. The number of phenols is 1. The van der Waals surface area contributed by atoms with E-state index in [0.29, 0.717) is 12.0 Å². The zero-order valence-electron chi connectivity index (χ0n) is 15.0. The standard InChI is InChI=1S/C16H23O9P/c1-9(6-8-12(17)18)5-7-11-10(2)14(25-26(20,21)22)16(24-4)15(23-3)13(11)19/h5,19H,6-8H2,1-4H3,(H,17,18)(H2,20,21,22)/b9-5+. The van der Waals surface area contributed by atoms with Gasteiger partial charge in [-0.15, -0.1) is 0 Å². The molecule has 0 aliphatic rings. The molecule has 0 atom stereocenters. The second kappa shape index (κ2) is 8.93. The Balaban J connectivity index is 3.39. The minimum absolute atomic E-state index is 0.0220. The van der Waals surface area contributed by atoms with Crippen LogP contribution < -0.4 is 14.0 Å². The minimum Gasteiger partial charge on any atom is -0.504 e. The van der Waals surface area contributed by atoms with E-state index < -0.39 is 13.8 Å². The van der Waals surface area contributed by atoms with E-state index in [-0.39, 0.29) is 41.4 Å². The van der Waals surface area contributed by atoms with Crippen molar-refractivity contribution in [2.24, 2.45) is 0 Å². The van der Waals surface area contributed by atoms with Crippen molar-refractivity contribution in [1.29, 1.82) is 0 Å². The van der Waals surface area contributed by atoms with Crippen molar-refractivity contribution in [2.75, 3.05) is 14.2 Å². The van der Waals surface area contributed by atoms with E-state index >= 15 is 0 Å². The fraction of sp³-hybridized carbons (Fsp3) is 0.438. The highest BCUT2D eigenvalue weighted by molar-refractivity contribution is 7.46. The van der Waals surface area contributed by atoms with E-state index in [9.17, 15) is 14.5 Å². The molecule has 9 nitrogen and oxygen atoms in total. The smallest absolute Gasteiger partial charge is 0.504 e. The molecule has 0 aliphatic heterocycles. The van der Waals surface area contributed by atoms with Gasteiger partial charge in [0.1, 0.15) is 0 Å². The third-order valence-electron chi connectivity index (χ3n) is 3.71. The van der Waals surface area contributed by atoms with Crippen molar-refractivity contribution >= 4 is 13.8 Å². The highest BCUT2D eigenvalue weighted by atomic mass is 31.2. The number of carboxylic acids is 1. The van der Waals surface area contributed by atoms with E-state index in [1.54, 1.807) is 13.0 Å². The Morgan fingerprint density at radius 2 is 1.69 bits per heavy atom. The first-order chi connectivity index (χ1) is 12.0. The van der Waals surface area contributed by atoms with E-state index in [1.807, 2.05) is 0 Å². The Labute approximate surface area is 151 Å². The Hall–Kier alpha value is -2.22. The number of phosphoric acid groups is 1. The molecule has 146 valence electrons. The molecule has 26 heavy (non-hydrogen) atoms. The number of carboxylic acid groups (broad SMARTS) is 1. The first kappa shape index (κ1) is 21.8. The van der Waals surface area contributed by atoms with Gasteiger partial charge >= 0.3 is 13.8 Å². The zero-order chi connectivity index (χ0) is 20.1. The first-order valence-electron chi connectivity index (χ1n) is 7.60. The number of benzene rings is 1. The van der Waals surface area contributed by atoms with Gasteiger partial charge in [-0.1, -0.05) is 11.6 Å². The molecule has 0 aliphatic carbocycles. The predicted octanol–water partition coefficient (Wildman–Crippen LogP) is 2.54. The Kier molecular flexibility index (Phi) is 7.50. The average molecular weight is 390 g/mol. The summed E-state index contributed by atoms with van der Waals surface area (Å²) in [7, 11) is -2.36. The van der Waals surface area contributed by atoms with Crippen LogP contribution in [0.5, 0.6) is 23.0 Å². The summed E-state index contributed by atoms with van der Waals surface area (Å²) >= 11 is 0. The van der Waals surface area contributed by atoms with Crippen LogP contribution in [0.3, 0.4) is 0 Å². The average Bonchev–Trinajstić information content (AvgIpc) is 2.53. The van der Waals surface area contributed by atoms with Gasteiger partial charge in [0.2, 0.25) is 11.5 Å². The molecule has 0 aromatic heterocycles. The highest BCUT2D eigenvalue weighted by Gasteiger charge is 2.28. The summed E-state index contributed by atoms with van der Waals surface area (Å²) in [5.41, 5.74) is 1.38. The molecule has 10 heteroatoms. The summed E-state index contributed by atoms with van der Waals surface area (Å²) < 4.78 is 26.2. The van der Waals surface area contributed by atoms with Gasteiger partial charge < -0.3 is 24.2 Å². The van der Waals surface area contributed by atoms with Crippen molar-refractivity contribution < 1.29 is 43.4 Å².